The molecule has 9 rings (SSSR count). The summed E-state index contributed by atoms with van der Waals surface area (Å²) in [5, 5.41) is 21.2. The first-order valence-corrected chi connectivity index (χ1v) is 17.1. The van der Waals surface area contributed by atoms with Gasteiger partial charge in [0.05, 0.1) is 11.4 Å². The average Bonchev–Trinajstić information content (AvgIpc) is 3.20. The molecule has 1 aliphatic rings. The zero-order chi connectivity index (χ0) is 34.1. The number of hydrogen-bond donors (Lipinski definition) is 2. The number of fused-ring (bicyclic) bond motifs is 3. The topological polar surface area (TPSA) is 61.1 Å². The smallest absolute Gasteiger partial charge is 0.116 e. The van der Waals surface area contributed by atoms with Crippen LogP contribution in [0, 0.1) is 5.41 Å². The molecule has 0 fully saturated rings. The predicted molar refractivity (Wildman–Crippen MR) is 215 cm³/mol. The Labute approximate surface area is 296 Å². The van der Waals surface area contributed by atoms with Crippen molar-refractivity contribution in [2.45, 2.75) is 0 Å². The lowest BCUT2D eigenvalue weighted by Crippen LogP contribution is -2.19. The van der Waals surface area contributed by atoms with Crippen molar-refractivity contribution in [1.82, 2.24) is 4.98 Å². The van der Waals surface area contributed by atoms with Gasteiger partial charge in [-0.1, -0.05) is 127 Å². The van der Waals surface area contributed by atoms with E-state index >= 15 is 0 Å². The molecule has 0 unspecified atom stereocenters. The van der Waals surface area contributed by atoms with Crippen molar-refractivity contribution in [3.05, 3.63) is 193 Å². The van der Waals surface area contributed by atoms with Crippen molar-refractivity contribution in [3.63, 3.8) is 0 Å². The SMILES string of the molecule is N=C1C=C(c2cccc3ccccc23)C=C(c2cccc3ccccc23)/C1=N/Nc1ccc(-c2ccc3ccc(-c4cccnc4)cc3c2)cc1. The summed E-state index contributed by atoms with van der Waals surface area (Å²) < 4.78 is 0. The summed E-state index contributed by atoms with van der Waals surface area (Å²) in [7, 11) is 0. The molecule has 0 aliphatic heterocycles. The van der Waals surface area contributed by atoms with Crippen LogP contribution >= 0.6 is 0 Å². The summed E-state index contributed by atoms with van der Waals surface area (Å²) in [6, 6.07) is 54.9. The van der Waals surface area contributed by atoms with Crippen molar-refractivity contribution in [1.29, 1.82) is 5.41 Å². The van der Waals surface area contributed by atoms with Crippen molar-refractivity contribution in [3.8, 4) is 22.3 Å². The summed E-state index contributed by atoms with van der Waals surface area (Å²) in [6.45, 7) is 0. The molecule has 1 aromatic heterocycles. The highest BCUT2D eigenvalue weighted by Gasteiger charge is 2.22. The molecule has 0 saturated heterocycles. The predicted octanol–water partition coefficient (Wildman–Crippen LogP) is 11.8. The van der Waals surface area contributed by atoms with Gasteiger partial charge in [-0.25, -0.2) is 0 Å². The van der Waals surface area contributed by atoms with E-state index in [-0.39, 0.29) is 0 Å². The Morgan fingerprint density at radius 3 is 1.82 bits per heavy atom. The minimum atomic E-state index is 0.356. The zero-order valence-electron chi connectivity index (χ0n) is 27.7. The minimum Gasteiger partial charge on any atom is -0.299 e. The molecule has 0 bridgehead atoms. The van der Waals surface area contributed by atoms with Gasteiger partial charge in [-0.05, 0) is 108 Å². The normalized spacial score (nSPS) is 13.8. The molecule has 4 nitrogen and oxygen atoms in total. The molecule has 7 aromatic carbocycles. The maximum Gasteiger partial charge on any atom is 0.116 e. The van der Waals surface area contributed by atoms with Gasteiger partial charge >= 0.3 is 0 Å². The number of hydrogen-bond acceptors (Lipinski definition) is 4. The quantitative estimate of drug-likeness (QED) is 0.139. The Kier molecular flexibility index (Phi) is 7.60. The van der Waals surface area contributed by atoms with Gasteiger partial charge in [-0.2, -0.15) is 5.10 Å². The van der Waals surface area contributed by atoms with E-state index in [0.29, 0.717) is 11.4 Å². The first-order chi connectivity index (χ1) is 25.2. The third kappa shape index (κ3) is 5.79. The fourth-order valence-electron chi connectivity index (χ4n) is 7.05. The Hall–Kier alpha value is -6.91. The second-order valence-corrected chi connectivity index (χ2v) is 12.8. The van der Waals surface area contributed by atoms with Crippen molar-refractivity contribution >= 4 is 60.6 Å². The Morgan fingerprint density at radius 2 is 1.12 bits per heavy atom. The third-order valence-electron chi connectivity index (χ3n) is 9.64. The highest BCUT2D eigenvalue weighted by molar-refractivity contribution is 6.63. The second-order valence-electron chi connectivity index (χ2n) is 12.8. The molecule has 1 heterocycles. The lowest BCUT2D eigenvalue weighted by Gasteiger charge is -2.20. The molecular weight excluding hydrogens is 621 g/mol. The van der Waals surface area contributed by atoms with Crippen LogP contribution < -0.4 is 5.43 Å². The number of anilines is 1. The number of aromatic nitrogens is 1. The Bertz CT molecular complexity index is 2710. The number of nitrogens with zero attached hydrogens (tertiary/aromatic N) is 2. The minimum absolute atomic E-state index is 0.356. The fourth-order valence-corrected chi connectivity index (χ4v) is 7.05. The van der Waals surface area contributed by atoms with Gasteiger partial charge < -0.3 is 0 Å². The Balaban J connectivity index is 1.05. The molecule has 0 saturated carbocycles. The number of benzene rings is 7. The molecule has 4 heteroatoms. The number of pyridine rings is 1. The third-order valence-corrected chi connectivity index (χ3v) is 9.64. The summed E-state index contributed by atoms with van der Waals surface area (Å²) in [5.41, 5.74) is 13.6. The molecule has 2 N–H and O–H groups in total. The van der Waals surface area contributed by atoms with E-state index in [1.54, 1.807) is 6.20 Å². The second kappa shape index (κ2) is 12.8. The van der Waals surface area contributed by atoms with E-state index in [1.165, 1.54) is 16.2 Å². The molecule has 240 valence electrons. The average molecular weight is 653 g/mol. The van der Waals surface area contributed by atoms with Gasteiger partial charge in [0.1, 0.15) is 5.71 Å². The van der Waals surface area contributed by atoms with Gasteiger partial charge in [0, 0.05) is 23.5 Å². The molecule has 1 aliphatic carbocycles. The van der Waals surface area contributed by atoms with Crippen LogP contribution in [0.25, 0.3) is 65.7 Å². The van der Waals surface area contributed by atoms with Gasteiger partial charge in [0.15, 0.2) is 0 Å². The van der Waals surface area contributed by atoms with Crippen LogP contribution in [-0.2, 0) is 0 Å². The fraction of sp³-hybridized carbons (Fsp3) is 0. The van der Waals surface area contributed by atoms with Crippen LogP contribution in [0.3, 0.4) is 0 Å². The number of allylic oxidation sites excluding steroid dienone is 4. The molecule has 0 amide bonds. The van der Waals surface area contributed by atoms with Gasteiger partial charge in [0.2, 0.25) is 0 Å². The standard InChI is InChI=1S/C47H32N4/c48-46-29-39(43-15-5-10-33-8-1-3-13-41(33)43)28-45(44-16-6-11-34-9-2-4-14-42(34)44)47(46)51-50-40-23-21-31(22-24-40)35-19-17-32-18-20-36(27-38(32)26-35)37-12-7-25-49-30-37/h1-30,48,50H/b48-46?,51-47-. The first-order valence-electron chi connectivity index (χ1n) is 17.1. The van der Waals surface area contributed by atoms with E-state index in [0.717, 1.165) is 66.4 Å². The van der Waals surface area contributed by atoms with Crippen LogP contribution in [-0.4, -0.2) is 16.4 Å². The van der Waals surface area contributed by atoms with Gasteiger partial charge in [-0.15, -0.1) is 0 Å². The lowest BCUT2D eigenvalue weighted by atomic mass is 9.85. The number of hydrazone groups is 1. The maximum absolute atomic E-state index is 9.28. The highest BCUT2D eigenvalue weighted by Crippen LogP contribution is 2.35. The maximum atomic E-state index is 9.28. The molecular formula is C47H32N4. The summed E-state index contributed by atoms with van der Waals surface area (Å²) >= 11 is 0. The van der Waals surface area contributed by atoms with E-state index in [1.807, 2.05) is 30.5 Å². The van der Waals surface area contributed by atoms with E-state index in [2.05, 4.69) is 156 Å². The van der Waals surface area contributed by atoms with Crippen LogP contribution in [0.1, 0.15) is 11.1 Å². The zero-order valence-corrected chi connectivity index (χ0v) is 27.7. The molecule has 0 spiro atoms. The molecule has 8 aromatic rings. The van der Waals surface area contributed by atoms with Gasteiger partial charge in [-0.3, -0.25) is 15.8 Å². The number of rotatable bonds is 6. The summed E-state index contributed by atoms with van der Waals surface area (Å²) in [6.07, 6.45) is 7.81. The van der Waals surface area contributed by atoms with Crippen LogP contribution in [0.5, 0.6) is 0 Å². The van der Waals surface area contributed by atoms with Crippen molar-refractivity contribution in [2.24, 2.45) is 5.10 Å². The van der Waals surface area contributed by atoms with E-state index in [9.17, 15) is 5.41 Å². The molecule has 0 atom stereocenters. The van der Waals surface area contributed by atoms with Gasteiger partial charge in [0.25, 0.3) is 0 Å². The largest absolute Gasteiger partial charge is 0.299 e. The van der Waals surface area contributed by atoms with Crippen molar-refractivity contribution in [2.75, 3.05) is 5.43 Å². The van der Waals surface area contributed by atoms with Crippen LogP contribution in [0.2, 0.25) is 0 Å². The number of nitrogens with one attached hydrogen (secondary N) is 2. The summed E-state index contributed by atoms with van der Waals surface area (Å²) in [5.74, 6) is 0. The summed E-state index contributed by atoms with van der Waals surface area (Å²) in [4.78, 5) is 4.29. The molecule has 0 radical (unpaired) electrons. The lowest BCUT2D eigenvalue weighted by molar-refractivity contribution is 1.33. The molecule has 51 heavy (non-hydrogen) atoms. The van der Waals surface area contributed by atoms with E-state index < -0.39 is 0 Å². The van der Waals surface area contributed by atoms with Crippen LogP contribution in [0.15, 0.2) is 187 Å². The Morgan fingerprint density at radius 1 is 0.490 bits per heavy atom. The van der Waals surface area contributed by atoms with E-state index in [4.69, 9.17) is 5.10 Å². The van der Waals surface area contributed by atoms with Crippen molar-refractivity contribution < 1.29 is 0 Å². The first kappa shape index (κ1) is 30.2. The van der Waals surface area contributed by atoms with Crippen LogP contribution in [0.4, 0.5) is 5.69 Å². The highest BCUT2D eigenvalue weighted by atomic mass is 15.3. The monoisotopic (exact) mass is 652 g/mol.